The van der Waals surface area contributed by atoms with Crippen LogP contribution in [-0.4, -0.2) is 15.1 Å². The van der Waals surface area contributed by atoms with E-state index in [1.165, 1.54) is 11.5 Å². The number of benzene rings is 2. The molecule has 0 fully saturated rings. The Labute approximate surface area is 132 Å². The molecule has 2 aromatic heterocycles. The Bertz CT molecular complexity index is 819. The number of phenolic OH excluding ortho intramolecular Hbond substituents is 1. The molecule has 2 heterocycles. The van der Waals surface area contributed by atoms with Gasteiger partial charge in [0.2, 0.25) is 0 Å². The summed E-state index contributed by atoms with van der Waals surface area (Å²) < 4.78 is 0. The highest BCUT2D eigenvalue weighted by atomic mass is 35.5. The van der Waals surface area contributed by atoms with Crippen molar-refractivity contribution in [1.29, 1.82) is 0 Å². The molecule has 0 bridgehead atoms. The third-order valence-electron chi connectivity index (χ3n) is 3.21. The van der Waals surface area contributed by atoms with E-state index in [1.54, 1.807) is 18.3 Å². The van der Waals surface area contributed by atoms with Crippen LogP contribution >= 0.6 is 11.6 Å². The van der Waals surface area contributed by atoms with E-state index in [0.717, 1.165) is 10.9 Å². The minimum atomic E-state index is 0.162. The molecule has 0 aliphatic rings. The summed E-state index contributed by atoms with van der Waals surface area (Å²) in [5, 5.41) is 12.0. The van der Waals surface area contributed by atoms with Gasteiger partial charge in [-0.05, 0) is 36.4 Å². The molecule has 1 N–H and O–H groups in total. The lowest BCUT2D eigenvalue weighted by Gasteiger charge is -2.00. The minimum absolute atomic E-state index is 0.162. The maximum atomic E-state index is 9.37. The fourth-order valence-corrected chi connectivity index (χ4v) is 2.35. The van der Waals surface area contributed by atoms with Crippen LogP contribution in [0.2, 0.25) is 5.02 Å². The number of hydrogen-bond donors (Lipinski definition) is 1. The zero-order chi connectivity index (χ0) is 15.4. The lowest BCUT2D eigenvalue weighted by molar-refractivity contribution is 0.480. The number of hydrogen-bond acceptors (Lipinski definition) is 3. The summed E-state index contributed by atoms with van der Waals surface area (Å²) in [6.07, 6.45) is 3.43. The molecule has 4 rings (SSSR count). The smallest absolute Gasteiger partial charge is 0.141 e. The van der Waals surface area contributed by atoms with Crippen molar-refractivity contribution in [3.8, 4) is 5.75 Å². The number of aromatic hydroxyl groups is 1. The van der Waals surface area contributed by atoms with Crippen molar-refractivity contribution in [2.75, 3.05) is 0 Å². The zero-order valence-electron chi connectivity index (χ0n) is 11.6. The first-order valence-corrected chi connectivity index (χ1v) is 7.15. The molecule has 3 nitrogen and oxygen atoms in total. The second-order valence-corrected chi connectivity index (χ2v) is 5.07. The van der Waals surface area contributed by atoms with Crippen molar-refractivity contribution in [1.82, 2.24) is 9.97 Å². The number of phenols is 1. The molecule has 0 amide bonds. The quantitative estimate of drug-likeness (QED) is 0.506. The van der Waals surface area contributed by atoms with Gasteiger partial charge in [0.25, 0.3) is 0 Å². The van der Waals surface area contributed by atoms with Gasteiger partial charge < -0.3 is 5.11 Å². The minimum Gasteiger partial charge on any atom is -0.506 e. The van der Waals surface area contributed by atoms with Crippen molar-refractivity contribution in [2.45, 2.75) is 0 Å². The van der Waals surface area contributed by atoms with Crippen LogP contribution in [0, 0.1) is 0 Å². The lowest BCUT2D eigenvalue weighted by atomic mass is 10.2. The van der Waals surface area contributed by atoms with Gasteiger partial charge in [-0.1, -0.05) is 35.9 Å². The van der Waals surface area contributed by atoms with Gasteiger partial charge >= 0.3 is 0 Å². The van der Waals surface area contributed by atoms with Crippen molar-refractivity contribution >= 4 is 33.4 Å². The number of para-hydroxylation sites is 1. The van der Waals surface area contributed by atoms with E-state index in [0.29, 0.717) is 10.5 Å². The summed E-state index contributed by atoms with van der Waals surface area (Å²) in [7, 11) is 0. The van der Waals surface area contributed by atoms with Crippen LogP contribution in [0.3, 0.4) is 0 Å². The van der Waals surface area contributed by atoms with Crippen LogP contribution in [0.15, 0.2) is 73.1 Å². The van der Waals surface area contributed by atoms with Crippen molar-refractivity contribution in [2.24, 2.45) is 0 Å². The van der Waals surface area contributed by atoms with E-state index < -0.39 is 0 Å². The Kier molecular flexibility index (Phi) is 4.17. The number of fused-ring (bicyclic) bond motifs is 2. The first kappa shape index (κ1) is 14.3. The van der Waals surface area contributed by atoms with Crippen LogP contribution in [0.25, 0.3) is 21.8 Å². The highest BCUT2D eigenvalue weighted by Crippen LogP contribution is 2.28. The van der Waals surface area contributed by atoms with E-state index in [1.807, 2.05) is 36.5 Å². The Hall–Kier alpha value is -2.65. The zero-order valence-corrected chi connectivity index (χ0v) is 12.4. The predicted octanol–water partition coefficient (Wildman–Crippen LogP) is 4.83. The summed E-state index contributed by atoms with van der Waals surface area (Å²) in [6.45, 7) is 0. The molecule has 22 heavy (non-hydrogen) atoms. The summed E-state index contributed by atoms with van der Waals surface area (Å²) in [4.78, 5) is 8.19. The molecule has 0 saturated heterocycles. The average Bonchev–Trinajstić information content (AvgIpc) is 2.59. The third-order valence-corrected chi connectivity index (χ3v) is 3.54. The van der Waals surface area contributed by atoms with Crippen LogP contribution < -0.4 is 0 Å². The first-order chi connectivity index (χ1) is 10.8. The molecule has 0 aliphatic heterocycles. The fourth-order valence-electron chi connectivity index (χ4n) is 2.14. The number of aromatic nitrogens is 2. The Morgan fingerprint density at radius 1 is 0.773 bits per heavy atom. The van der Waals surface area contributed by atoms with Gasteiger partial charge in [0.05, 0.1) is 10.5 Å². The van der Waals surface area contributed by atoms with Crippen LogP contribution in [-0.2, 0) is 0 Å². The van der Waals surface area contributed by atoms with E-state index in [4.69, 9.17) is 11.6 Å². The number of halogens is 1. The molecule has 0 spiro atoms. The average molecular weight is 309 g/mol. The van der Waals surface area contributed by atoms with Gasteiger partial charge in [-0.2, -0.15) is 0 Å². The van der Waals surface area contributed by atoms with Crippen LogP contribution in [0.5, 0.6) is 5.75 Å². The second kappa shape index (κ2) is 6.41. The fraction of sp³-hybridized carbons (Fsp3) is 0. The maximum absolute atomic E-state index is 9.37. The van der Waals surface area contributed by atoms with Crippen molar-refractivity contribution in [3.05, 3.63) is 78.1 Å². The van der Waals surface area contributed by atoms with Gasteiger partial charge in [-0.25, -0.2) is 0 Å². The van der Waals surface area contributed by atoms with Crippen LogP contribution in [0.4, 0.5) is 0 Å². The summed E-state index contributed by atoms with van der Waals surface area (Å²) in [5.74, 6) is 0.162. The van der Waals surface area contributed by atoms with Crippen molar-refractivity contribution in [3.63, 3.8) is 0 Å². The molecule has 0 aliphatic carbocycles. The maximum Gasteiger partial charge on any atom is 0.141 e. The predicted molar refractivity (Wildman–Crippen MR) is 90.2 cm³/mol. The number of nitrogens with zero attached hydrogens (tertiary/aromatic N) is 2. The molecule has 0 unspecified atom stereocenters. The lowest BCUT2D eigenvalue weighted by Crippen LogP contribution is -1.78. The van der Waals surface area contributed by atoms with E-state index >= 15 is 0 Å². The summed E-state index contributed by atoms with van der Waals surface area (Å²) in [6, 6.07) is 18.9. The molecular formula is C18H13ClN2O. The summed E-state index contributed by atoms with van der Waals surface area (Å²) in [5.41, 5.74) is 1.61. The Morgan fingerprint density at radius 2 is 1.50 bits per heavy atom. The van der Waals surface area contributed by atoms with E-state index in [2.05, 4.69) is 22.1 Å². The molecule has 2 aromatic carbocycles. The molecule has 0 radical (unpaired) electrons. The number of pyridine rings is 2. The van der Waals surface area contributed by atoms with E-state index in [9.17, 15) is 5.11 Å². The molecule has 0 saturated carbocycles. The van der Waals surface area contributed by atoms with Crippen LogP contribution in [0.1, 0.15) is 0 Å². The van der Waals surface area contributed by atoms with Gasteiger partial charge in [-0.15, -0.1) is 0 Å². The normalized spacial score (nSPS) is 10.2. The first-order valence-electron chi connectivity index (χ1n) is 6.77. The standard InChI is InChI=1S/C9H6ClNO.C9H7N/c10-7-3-4-8(12)9-6(7)2-1-5-11-9;1-2-6-9-8(4-1)5-3-7-10-9/h1-5,12H;1-7H. The third kappa shape index (κ3) is 3.00. The highest BCUT2D eigenvalue weighted by Gasteiger charge is 2.02. The largest absolute Gasteiger partial charge is 0.506 e. The topological polar surface area (TPSA) is 46.0 Å². The van der Waals surface area contributed by atoms with Gasteiger partial charge in [0.15, 0.2) is 0 Å². The molecule has 4 heteroatoms. The van der Waals surface area contributed by atoms with Gasteiger partial charge in [0, 0.05) is 23.2 Å². The molecule has 0 atom stereocenters. The Morgan fingerprint density at radius 3 is 2.32 bits per heavy atom. The summed E-state index contributed by atoms with van der Waals surface area (Å²) >= 11 is 5.88. The van der Waals surface area contributed by atoms with Gasteiger partial charge in [0.1, 0.15) is 11.3 Å². The molecular weight excluding hydrogens is 296 g/mol. The van der Waals surface area contributed by atoms with E-state index in [-0.39, 0.29) is 5.75 Å². The van der Waals surface area contributed by atoms with Crippen molar-refractivity contribution < 1.29 is 5.11 Å². The monoisotopic (exact) mass is 308 g/mol. The SMILES string of the molecule is Oc1ccc(Cl)c2cccnc12.c1ccc2ncccc2c1. The molecule has 108 valence electrons. The second-order valence-electron chi connectivity index (χ2n) is 4.66. The molecule has 4 aromatic rings. The highest BCUT2D eigenvalue weighted by molar-refractivity contribution is 6.35. The Balaban J connectivity index is 0.000000133. The van der Waals surface area contributed by atoms with Gasteiger partial charge in [-0.3, -0.25) is 9.97 Å². The number of rotatable bonds is 0.